The van der Waals surface area contributed by atoms with Crippen molar-refractivity contribution in [1.29, 1.82) is 0 Å². The van der Waals surface area contributed by atoms with E-state index in [1.54, 1.807) is 7.11 Å². The topological polar surface area (TPSA) is 21.3 Å². The van der Waals surface area contributed by atoms with E-state index < -0.39 is 0 Å². The number of nitrogens with one attached hydrogen (secondary N) is 1. The van der Waals surface area contributed by atoms with Crippen LogP contribution < -0.4 is 10.1 Å². The van der Waals surface area contributed by atoms with Crippen LogP contribution in [0.5, 0.6) is 5.75 Å². The molecule has 3 heteroatoms. The summed E-state index contributed by atoms with van der Waals surface area (Å²) in [7, 11) is 1.67. The lowest BCUT2D eigenvalue weighted by molar-refractivity contribution is 0.408. The van der Waals surface area contributed by atoms with Crippen LogP contribution in [0.2, 0.25) is 5.02 Å². The highest BCUT2D eigenvalue weighted by Gasteiger charge is 2.33. The van der Waals surface area contributed by atoms with Crippen LogP contribution in [0.3, 0.4) is 0 Å². The van der Waals surface area contributed by atoms with Crippen molar-refractivity contribution in [2.75, 3.05) is 13.7 Å². The Bertz CT molecular complexity index is 436. The minimum absolute atomic E-state index is 0.0511. The van der Waals surface area contributed by atoms with Gasteiger partial charge in [-0.1, -0.05) is 25.4 Å². The molecule has 1 aliphatic rings. The Hall–Kier alpha value is -0.730. The molecule has 1 heterocycles. The maximum absolute atomic E-state index is 6.29. The van der Waals surface area contributed by atoms with E-state index in [4.69, 9.17) is 16.3 Å². The molecule has 1 atom stereocenters. The Morgan fingerprint density at radius 3 is 2.61 bits per heavy atom. The van der Waals surface area contributed by atoms with Crippen molar-refractivity contribution < 1.29 is 4.74 Å². The van der Waals surface area contributed by atoms with Crippen LogP contribution in [0.25, 0.3) is 0 Å². The first-order chi connectivity index (χ1) is 8.48. The molecule has 1 aromatic rings. The van der Waals surface area contributed by atoms with Gasteiger partial charge in [0, 0.05) is 5.54 Å². The van der Waals surface area contributed by atoms with Gasteiger partial charge in [-0.05, 0) is 55.5 Å². The molecule has 0 aromatic heterocycles. The Morgan fingerprint density at radius 2 is 2.11 bits per heavy atom. The van der Waals surface area contributed by atoms with Crippen LogP contribution in [-0.2, 0) is 5.54 Å². The molecule has 2 rings (SSSR count). The van der Waals surface area contributed by atoms with Crippen molar-refractivity contribution in [1.82, 2.24) is 5.32 Å². The molecule has 0 saturated carbocycles. The van der Waals surface area contributed by atoms with Gasteiger partial charge < -0.3 is 10.1 Å². The van der Waals surface area contributed by atoms with Crippen LogP contribution in [0, 0.1) is 0 Å². The van der Waals surface area contributed by atoms with E-state index in [-0.39, 0.29) is 5.54 Å². The average molecular weight is 268 g/mol. The largest absolute Gasteiger partial charge is 0.495 e. The Labute approximate surface area is 115 Å². The molecular formula is C15H22ClNO. The van der Waals surface area contributed by atoms with Crippen molar-refractivity contribution in [2.24, 2.45) is 0 Å². The quantitative estimate of drug-likeness (QED) is 0.891. The van der Waals surface area contributed by atoms with Gasteiger partial charge >= 0.3 is 0 Å². The van der Waals surface area contributed by atoms with E-state index in [0.29, 0.717) is 10.9 Å². The number of methoxy groups -OCH3 is 1. The van der Waals surface area contributed by atoms with Gasteiger partial charge in [-0.15, -0.1) is 0 Å². The Kier molecular flexibility index (Phi) is 3.88. The summed E-state index contributed by atoms with van der Waals surface area (Å²) in [5.74, 6) is 1.23. The molecule has 0 amide bonds. The second-order valence-electron chi connectivity index (χ2n) is 5.59. The molecule has 1 N–H and O–H groups in total. The first-order valence-corrected chi connectivity index (χ1v) is 6.98. The molecule has 0 aliphatic carbocycles. The summed E-state index contributed by atoms with van der Waals surface area (Å²) >= 11 is 6.29. The highest BCUT2D eigenvalue weighted by Crippen LogP contribution is 2.40. The van der Waals surface area contributed by atoms with Gasteiger partial charge in [0.25, 0.3) is 0 Å². The third kappa shape index (κ3) is 2.36. The van der Waals surface area contributed by atoms with Gasteiger partial charge in [-0.25, -0.2) is 0 Å². The average Bonchev–Trinajstić information content (AvgIpc) is 2.76. The number of ether oxygens (including phenoxy) is 1. The zero-order valence-electron chi connectivity index (χ0n) is 11.6. The molecule has 1 saturated heterocycles. The molecule has 0 bridgehead atoms. The maximum atomic E-state index is 6.29. The lowest BCUT2D eigenvalue weighted by Gasteiger charge is -2.30. The minimum Gasteiger partial charge on any atom is -0.495 e. The highest BCUT2D eigenvalue weighted by atomic mass is 35.5. The molecule has 1 aromatic carbocycles. The zero-order valence-corrected chi connectivity index (χ0v) is 12.4. The van der Waals surface area contributed by atoms with Crippen molar-refractivity contribution in [3.05, 3.63) is 28.3 Å². The van der Waals surface area contributed by atoms with Crippen molar-refractivity contribution in [3.63, 3.8) is 0 Å². The summed E-state index contributed by atoms with van der Waals surface area (Å²) < 4.78 is 5.33. The number of halogens is 1. The summed E-state index contributed by atoms with van der Waals surface area (Å²) in [4.78, 5) is 0. The third-order valence-corrected chi connectivity index (χ3v) is 4.20. The van der Waals surface area contributed by atoms with Crippen LogP contribution in [0.1, 0.15) is 50.7 Å². The van der Waals surface area contributed by atoms with Crippen LogP contribution >= 0.6 is 11.6 Å². The van der Waals surface area contributed by atoms with Gasteiger partial charge in [0.05, 0.1) is 12.1 Å². The first kappa shape index (κ1) is 13.7. The van der Waals surface area contributed by atoms with Crippen molar-refractivity contribution >= 4 is 11.6 Å². The minimum atomic E-state index is 0.0511. The predicted octanol–water partition coefficient (Wildman–Crippen LogP) is 4.07. The SMILES string of the molecule is COc1cc(C(C)C)c(C2(C)CCCN2)cc1Cl. The van der Waals surface area contributed by atoms with Gasteiger partial charge in [0.1, 0.15) is 5.75 Å². The lowest BCUT2D eigenvalue weighted by atomic mass is 9.83. The van der Waals surface area contributed by atoms with Gasteiger partial charge in [0.15, 0.2) is 0 Å². The molecule has 1 fully saturated rings. The number of hydrogen-bond donors (Lipinski definition) is 1. The fourth-order valence-corrected chi connectivity index (χ4v) is 3.05. The molecule has 100 valence electrons. The van der Waals surface area contributed by atoms with Gasteiger partial charge in [-0.3, -0.25) is 0 Å². The smallest absolute Gasteiger partial charge is 0.137 e. The van der Waals surface area contributed by atoms with E-state index in [0.717, 1.165) is 18.7 Å². The van der Waals surface area contributed by atoms with Crippen molar-refractivity contribution in [3.8, 4) is 5.75 Å². The van der Waals surface area contributed by atoms with Crippen molar-refractivity contribution in [2.45, 2.75) is 45.1 Å². The molecular weight excluding hydrogens is 246 g/mol. The number of benzene rings is 1. The zero-order chi connectivity index (χ0) is 13.3. The first-order valence-electron chi connectivity index (χ1n) is 6.61. The summed E-state index contributed by atoms with van der Waals surface area (Å²) in [5.41, 5.74) is 2.70. The third-order valence-electron chi connectivity index (χ3n) is 3.91. The van der Waals surface area contributed by atoms with E-state index in [1.807, 2.05) is 0 Å². The summed E-state index contributed by atoms with van der Waals surface area (Å²) in [6.45, 7) is 7.77. The molecule has 1 aliphatic heterocycles. The standard InChI is InChI=1S/C15H22ClNO/c1-10(2)11-8-14(18-4)13(16)9-12(11)15(3)6-5-7-17-15/h8-10,17H,5-7H2,1-4H3. The highest BCUT2D eigenvalue weighted by molar-refractivity contribution is 6.32. The van der Waals surface area contributed by atoms with Crippen LogP contribution in [0.4, 0.5) is 0 Å². The van der Waals surface area contributed by atoms with E-state index in [2.05, 4.69) is 38.2 Å². The maximum Gasteiger partial charge on any atom is 0.137 e. The summed E-state index contributed by atoms with van der Waals surface area (Å²) in [6.07, 6.45) is 2.38. The second kappa shape index (κ2) is 5.10. The fraction of sp³-hybridized carbons (Fsp3) is 0.600. The Morgan fingerprint density at radius 1 is 1.39 bits per heavy atom. The van der Waals surface area contributed by atoms with E-state index in [9.17, 15) is 0 Å². The monoisotopic (exact) mass is 267 g/mol. The summed E-state index contributed by atoms with van der Waals surface area (Å²) in [6, 6.07) is 4.17. The van der Waals surface area contributed by atoms with Gasteiger partial charge in [0.2, 0.25) is 0 Å². The molecule has 0 spiro atoms. The number of rotatable bonds is 3. The Balaban J connectivity index is 2.54. The number of hydrogen-bond acceptors (Lipinski definition) is 2. The lowest BCUT2D eigenvalue weighted by Crippen LogP contribution is -2.34. The fourth-order valence-electron chi connectivity index (χ4n) is 2.81. The van der Waals surface area contributed by atoms with E-state index >= 15 is 0 Å². The molecule has 2 nitrogen and oxygen atoms in total. The van der Waals surface area contributed by atoms with Crippen LogP contribution in [0.15, 0.2) is 12.1 Å². The second-order valence-corrected chi connectivity index (χ2v) is 6.00. The predicted molar refractivity (Wildman–Crippen MR) is 76.7 cm³/mol. The van der Waals surface area contributed by atoms with Gasteiger partial charge in [-0.2, -0.15) is 0 Å². The molecule has 18 heavy (non-hydrogen) atoms. The van der Waals surface area contributed by atoms with Crippen LogP contribution in [-0.4, -0.2) is 13.7 Å². The molecule has 1 unspecified atom stereocenters. The van der Waals surface area contributed by atoms with E-state index in [1.165, 1.54) is 17.5 Å². The normalized spacial score (nSPS) is 23.7. The summed E-state index contributed by atoms with van der Waals surface area (Å²) in [5, 5.41) is 4.31. The molecule has 0 radical (unpaired) electrons.